The van der Waals surface area contributed by atoms with Crippen LogP contribution in [-0.4, -0.2) is 63.6 Å². The van der Waals surface area contributed by atoms with E-state index in [1.165, 1.54) is 38.4 Å². The van der Waals surface area contributed by atoms with Crippen molar-refractivity contribution in [2.45, 2.75) is 32.2 Å². The highest BCUT2D eigenvalue weighted by molar-refractivity contribution is 6.17. The van der Waals surface area contributed by atoms with E-state index in [4.69, 9.17) is 35.3 Å². The molecule has 2 atom stereocenters. The molecule has 33 heavy (non-hydrogen) atoms. The van der Waals surface area contributed by atoms with Gasteiger partial charge in [0.1, 0.15) is 12.1 Å². The molecule has 1 aromatic carbocycles. The van der Waals surface area contributed by atoms with Crippen molar-refractivity contribution in [2.75, 3.05) is 41.1 Å². The lowest BCUT2D eigenvalue weighted by Crippen LogP contribution is -2.54. The summed E-state index contributed by atoms with van der Waals surface area (Å²) in [6, 6.07) is 2.77. The van der Waals surface area contributed by atoms with Gasteiger partial charge in [-0.1, -0.05) is 43.7 Å². The number of amides is 1. The summed E-state index contributed by atoms with van der Waals surface area (Å²) in [6.45, 7) is 3.95. The van der Waals surface area contributed by atoms with E-state index in [0.29, 0.717) is 30.1 Å². The summed E-state index contributed by atoms with van der Waals surface area (Å²) >= 11 is 5.62. The molecule has 0 bridgehead atoms. The summed E-state index contributed by atoms with van der Waals surface area (Å²) in [5.41, 5.74) is 0.288. The van der Waals surface area contributed by atoms with Crippen molar-refractivity contribution in [3.8, 4) is 17.2 Å². The Labute approximate surface area is 200 Å². The first-order valence-corrected chi connectivity index (χ1v) is 11.1. The van der Waals surface area contributed by atoms with Gasteiger partial charge in [-0.05, 0) is 36.5 Å². The van der Waals surface area contributed by atoms with E-state index in [-0.39, 0.29) is 24.2 Å². The molecule has 0 heterocycles. The molecule has 0 aliphatic heterocycles. The van der Waals surface area contributed by atoms with Crippen LogP contribution in [0, 0.1) is 5.92 Å². The third-order valence-corrected chi connectivity index (χ3v) is 6.01. The number of alkyl halides is 1. The molecule has 0 N–H and O–H groups in total. The SMILES string of the molecule is CC[C@@](COC(=O)c1cc(OC)c(OC)c(OC)c1)(C1=CC=CC(C)C1)N(C)C(=O)OCCl. The molecular weight excluding hydrogens is 450 g/mol. The Morgan fingerprint density at radius 1 is 1.12 bits per heavy atom. The number of nitrogens with zero attached hydrogens (tertiary/aromatic N) is 1. The lowest BCUT2D eigenvalue weighted by atomic mass is 9.79. The predicted octanol–water partition coefficient (Wildman–Crippen LogP) is 4.81. The third-order valence-electron chi connectivity index (χ3n) is 5.90. The summed E-state index contributed by atoms with van der Waals surface area (Å²) in [5.74, 6) is 0.728. The molecule has 0 fully saturated rings. The van der Waals surface area contributed by atoms with Crippen molar-refractivity contribution < 1.29 is 33.3 Å². The van der Waals surface area contributed by atoms with Crippen molar-refractivity contribution in [2.24, 2.45) is 5.92 Å². The second-order valence-corrected chi connectivity index (χ2v) is 7.93. The second kappa shape index (κ2) is 11.8. The fraction of sp³-hybridized carbons (Fsp3) is 0.500. The molecule has 0 saturated heterocycles. The monoisotopic (exact) mass is 481 g/mol. The van der Waals surface area contributed by atoms with E-state index in [0.717, 1.165) is 5.57 Å². The smallest absolute Gasteiger partial charge is 0.411 e. The van der Waals surface area contributed by atoms with Crippen LogP contribution < -0.4 is 14.2 Å². The number of allylic oxidation sites excluding steroid dienone is 3. The molecule has 0 radical (unpaired) electrons. The van der Waals surface area contributed by atoms with E-state index in [1.54, 1.807) is 7.05 Å². The van der Waals surface area contributed by atoms with Crippen LogP contribution in [0.2, 0.25) is 0 Å². The molecular formula is C24H32ClNO7. The summed E-state index contributed by atoms with van der Waals surface area (Å²) in [7, 11) is 6.04. The molecule has 0 saturated carbocycles. The van der Waals surface area contributed by atoms with Crippen molar-refractivity contribution in [3.63, 3.8) is 0 Å². The molecule has 1 unspecified atom stereocenters. The van der Waals surface area contributed by atoms with Gasteiger partial charge in [0, 0.05) is 7.05 Å². The van der Waals surface area contributed by atoms with Gasteiger partial charge in [-0.3, -0.25) is 4.90 Å². The number of methoxy groups -OCH3 is 3. The quantitative estimate of drug-likeness (QED) is 0.350. The van der Waals surface area contributed by atoms with Crippen LogP contribution >= 0.6 is 11.6 Å². The van der Waals surface area contributed by atoms with Crippen molar-refractivity contribution in [1.29, 1.82) is 0 Å². The number of halogens is 1. The fourth-order valence-electron chi connectivity index (χ4n) is 3.95. The Hall–Kier alpha value is -2.87. The zero-order valence-electron chi connectivity index (χ0n) is 20.0. The highest BCUT2D eigenvalue weighted by Gasteiger charge is 2.42. The summed E-state index contributed by atoms with van der Waals surface area (Å²) < 4.78 is 26.7. The van der Waals surface area contributed by atoms with Gasteiger partial charge in [-0.15, -0.1) is 0 Å². The zero-order valence-corrected chi connectivity index (χ0v) is 20.7. The molecule has 1 aliphatic rings. The average Bonchev–Trinajstić information content (AvgIpc) is 2.83. The maximum absolute atomic E-state index is 13.0. The Morgan fingerprint density at radius 3 is 2.24 bits per heavy atom. The van der Waals surface area contributed by atoms with Gasteiger partial charge in [-0.25, -0.2) is 9.59 Å². The highest BCUT2D eigenvalue weighted by Crippen LogP contribution is 2.39. The minimum Gasteiger partial charge on any atom is -0.493 e. The molecule has 182 valence electrons. The molecule has 8 nitrogen and oxygen atoms in total. The number of likely N-dealkylation sites (N-methyl/N-ethyl adjacent to an activating group) is 1. The van der Waals surface area contributed by atoms with Gasteiger partial charge in [-0.2, -0.15) is 0 Å². The van der Waals surface area contributed by atoms with Crippen LogP contribution in [-0.2, 0) is 9.47 Å². The molecule has 2 rings (SSSR count). The lowest BCUT2D eigenvalue weighted by molar-refractivity contribution is 0.0156. The lowest BCUT2D eigenvalue weighted by Gasteiger charge is -2.43. The van der Waals surface area contributed by atoms with E-state index in [1.807, 2.05) is 19.1 Å². The Balaban J connectivity index is 2.39. The minimum atomic E-state index is -0.904. The molecule has 0 spiro atoms. The largest absolute Gasteiger partial charge is 0.493 e. The first kappa shape index (κ1) is 26.4. The van der Waals surface area contributed by atoms with Crippen LogP contribution in [0.15, 0.2) is 35.9 Å². The average molecular weight is 482 g/mol. The van der Waals surface area contributed by atoms with Gasteiger partial charge in [0.2, 0.25) is 5.75 Å². The first-order valence-electron chi connectivity index (χ1n) is 10.6. The number of hydrogen-bond donors (Lipinski definition) is 0. The van der Waals surface area contributed by atoms with E-state index in [9.17, 15) is 9.59 Å². The number of rotatable bonds is 10. The first-order chi connectivity index (χ1) is 15.8. The van der Waals surface area contributed by atoms with Crippen LogP contribution in [0.4, 0.5) is 4.79 Å². The van der Waals surface area contributed by atoms with Gasteiger partial charge < -0.3 is 23.7 Å². The number of ether oxygens (including phenoxy) is 5. The molecule has 0 aromatic heterocycles. The summed E-state index contributed by atoms with van der Waals surface area (Å²) in [5, 5.41) is 0. The van der Waals surface area contributed by atoms with E-state index in [2.05, 4.69) is 13.0 Å². The number of carbonyl (C=O) groups excluding carboxylic acids is 2. The molecule has 1 aliphatic carbocycles. The minimum absolute atomic E-state index is 0.0702. The second-order valence-electron chi connectivity index (χ2n) is 7.71. The molecule has 1 aromatic rings. The van der Waals surface area contributed by atoms with Crippen LogP contribution in [0.3, 0.4) is 0 Å². The van der Waals surface area contributed by atoms with Crippen LogP contribution in [0.5, 0.6) is 17.2 Å². The predicted molar refractivity (Wildman–Crippen MR) is 125 cm³/mol. The Bertz CT molecular complexity index is 889. The Morgan fingerprint density at radius 2 is 1.76 bits per heavy atom. The van der Waals surface area contributed by atoms with Gasteiger partial charge in [0.25, 0.3) is 0 Å². The van der Waals surface area contributed by atoms with E-state index < -0.39 is 17.6 Å². The molecule has 9 heteroatoms. The highest BCUT2D eigenvalue weighted by atomic mass is 35.5. The number of carbonyl (C=O) groups is 2. The summed E-state index contributed by atoms with van der Waals surface area (Å²) in [4.78, 5) is 27.1. The van der Waals surface area contributed by atoms with Gasteiger partial charge in [0.05, 0.1) is 26.9 Å². The van der Waals surface area contributed by atoms with Crippen molar-refractivity contribution in [3.05, 3.63) is 41.5 Å². The van der Waals surface area contributed by atoms with Crippen molar-refractivity contribution >= 4 is 23.7 Å². The number of benzene rings is 1. The number of esters is 1. The Kier molecular flexibility index (Phi) is 9.46. The summed E-state index contributed by atoms with van der Waals surface area (Å²) in [6.07, 6.45) is 6.61. The fourth-order valence-corrected chi connectivity index (χ4v) is 4.04. The topological polar surface area (TPSA) is 83.5 Å². The van der Waals surface area contributed by atoms with Crippen molar-refractivity contribution in [1.82, 2.24) is 4.90 Å². The van der Waals surface area contributed by atoms with Crippen LogP contribution in [0.25, 0.3) is 0 Å². The van der Waals surface area contributed by atoms with Gasteiger partial charge in [0.15, 0.2) is 17.6 Å². The zero-order chi connectivity index (χ0) is 24.6. The maximum Gasteiger partial charge on any atom is 0.411 e. The number of hydrogen-bond acceptors (Lipinski definition) is 7. The maximum atomic E-state index is 13.0. The van der Waals surface area contributed by atoms with Gasteiger partial charge >= 0.3 is 12.1 Å². The van der Waals surface area contributed by atoms with Crippen LogP contribution in [0.1, 0.15) is 37.0 Å². The molecule has 1 amide bonds. The van der Waals surface area contributed by atoms with E-state index >= 15 is 0 Å². The normalized spacial score (nSPS) is 16.8. The third kappa shape index (κ3) is 5.74. The standard InChI is InChI=1S/C24H32ClNO7/c1-7-24(26(3)23(28)33-15-25,18-10-8-9-16(2)11-18)14-32-22(27)17-12-19(29-4)21(31-6)20(13-17)30-5/h8-10,12-13,16H,7,11,14-15H2,1-6H3/t16?,24-/m1/s1.